The van der Waals surface area contributed by atoms with E-state index in [-0.39, 0.29) is 5.75 Å². The number of para-hydroxylation sites is 1. The molecule has 1 aliphatic heterocycles. The topological polar surface area (TPSA) is 73.8 Å². The van der Waals surface area contributed by atoms with Crippen molar-refractivity contribution in [2.45, 2.75) is 30.4 Å². The first-order valence-electron chi connectivity index (χ1n) is 9.48. The number of hydroxylamine groups is 1. The second-order valence-electron chi connectivity index (χ2n) is 6.70. The van der Waals surface area contributed by atoms with Gasteiger partial charge in [-0.15, -0.1) is 0 Å². The Balaban J connectivity index is 1.51. The van der Waals surface area contributed by atoms with Crippen LogP contribution < -0.4 is 19.8 Å². The molecule has 0 spiro atoms. The largest absolute Gasteiger partial charge is 0.435 e. The maximum atomic E-state index is 12.2. The SMILES string of the molecule is O=C(/C=C/c1ccccc1N1CCC(NSc2ccc(OC(F)F)cc2)CC1)NO. The summed E-state index contributed by atoms with van der Waals surface area (Å²) in [6, 6.07) is 14.7. The van der Waals surface area contributed by atoms with Crippen molar-refractivity contribution >= 4 is 29.6 Å². The van der Waals surface area contributed by atoms with Crippen molar-refractivity contribution in [3.05, 3.63) is 60.2 Å². The number of rotatable bonds is 8. The molecular formula is C21H23F2N3O3S. The zero-order valence-corrected chi connectivity index (χ0v) is 16.9. The highest BCUT2D eigenvalue weighted by Crippen LogP contribution is 2.27. The number of halogens is 2. The molecule has 3 rings (SSSR count). The number of alkyl halides is 2. The minimum absolute atomic E-state index is 0.145. The number of carbonyl (C=O) groups excluding carboxylic acids is 1. The van der Waals surface area contributed by atoms with Crippen molar-refractivity contribution in [2.24, 2.45) is 0 Å². The van der Waals surface area contributed by atoms with Crippen LogP contribution in [-0.4, -0.2) is 36.9 Å². The summed E-state index contributed by atoms with van der Waals surface area (Å²) >= 11 is 1.48. The summed E-state index contributed by atoms with van der Waals surface area (Å²) < 4.78 is 32.2. The van der Waals surface area contributed by atoms with E-state index in [1.807, 2.05) is 24.3 Å². The van der Waals surface area contributed by atoms with Crippen molar-refractivity contribution in [3.63, 3.8) is 0 Å². The second kappa shape index (κ2) is 11.0. The summed E-state index contributed by atoms with van der Waals surface area (Å²) in [5.41, 5.74) is 3.54. The molecule has 0 atom stereocenters. The van der Waals surface area contributed by atoms with Gasteiger partial charge in [0.15, 0.2) is 0 Å². The Hall–Kier alpha value is -2.62. The van der Waals surface area contributed by atoms with Crippen LogP contribution in [0, 0.1) is 0 Å². The molecule has 0 aliphatic carbocycles. The molecule has 0 saturated carbocycles. The summed E-state index contributed by atoms with van der Waals surface area (Å²) in [6.07, 6.45) is 4.85. The highest BCUT2D eigenvalue weighted by Gasteiger charge is 2.20. The predicted octanol–water partition coefficient (Wildman–Crippen LogP) is 4.07. The minimum Gasteiger partial charge on any atom is -0.435 e. The zero-order chi connectivity index (χ0) is 21.3. The van der Waals surface area contributed by atoms with Crippen LogP contribution in [0.5, 0.6) is 5.75 Å². The normalized spacial score (nSPS) is 15.0. The molecule has 0 unspecified atom stereocenters. The summed E-state index contributed by atoms with van der Waals surface area (Å²) in [5, 5.41) is 8.63. The number of ether oxygens (including phenoxy) is 1. The van der Waals surface area contributed by atoms with Gasteiger partial charge in [0.25, 0.3) is 5.91 Å². The average molecular weight is 435 g/mol. The maximum absolute atomic E-state index is 12.2. The molecule has 160 valence electrons. The van der Waals surface area contributed by atoms with E-state index in [0.717, 1.165) is 42.1 Å². The Morgan fingerprint density at radius 2 is 1.87 bits per heavy atom. The molecule has 2 aromatic carbocycles. The number of anilines is 1. The smallest absolute Gasteiger partial charge is 0.387 e. The lowest BCUT2D eigenvalue weighted by Gasteiger charge is -2.34. The van der Waals surface area contributed by atoms with Crippen LogP contribution in [0.15, 0.2) is 59.5 Å². The lowest BCUT2D eigenvalue weighted by Crippen LogP contribution is -2.40. The van der Waals surface area contributed by atoms with Crippen molar-refractivity contribution in [1.82, 2.24) is 10.2 Å². The number of hydrogen-bond donors (Lipinski definition) is 3. The van der Waals surface area contributed by atoms with Gasteiger partial charge in [0, 0.05) is 35.8 Å². The maximum Gasteiger partial charge on any atom is 0.387 e. The van der Waals surface area contributed by atoms with Gasteiger partial charge in [0.2, 0.25) is 0 Å². The van der Waals surface area contributed by atoms with Crippen LogP contribution in [0.4, 0.5) is 14.5 Å². The molecule has 9 heteroatoms. The van der Waals surface area contributed by atoms with Gasteiger partial charge in [-0.2, -0.15) is 8.78 Å². The zero-order valence-electron chi connectivity index (χ0n) is 16.1. The van der Waals surface area contributed by atoms with Crippen LogP contribution in [-0.2, 0) is 4.79 Å². The Kier molecular flexibility index (Phi) is 8.06. The molecule has 0 radical (unpaired) electrons. The molecular weight excluding hydrogens is 412 g/mol. The van der Waals surface area contributed by atoms with Crippen LogP contribution in [0.3, 0.4) is 0 Å². The average Bonchev–Trinajstić information content (AvgIpc) is 2.77. The summed E-state index contributed by atoms with van der Waals surface area (Å²) in [5.74, 6) is -0.426. The van der Waals surface area contributed by atoms with Crippen LogP contribution in [0.25, 0.3) is 6.08 Å². The van der Waals surface area contributed by atoms with E-state index in [1.165, 1.54) is 30.2 Å². The van der Waals surface area contributed by atoms with E-state index in [0.29, 0.717) is 6.04 Å². The number of benzene rings is 2. The second-order valence-corrected chi connectivity index (χ2v) is 7.61. The molecule has 1 amide bonds. The van der Waals surface area contributed by atoms with Gasteiger partial charge in [-0.25, -0.2) is 5.48 Å². The molecule has 3 N–H and O–H groups in total. The first-order chi connectivity index (χ1) is 14.5. The lowest BCUT2D eigenvalue weighted by molar-refractivity contribution is -0.124. The van der Waals surface area contributed by atoms with Gasteiger partial charge in [-0.1, -0.05) is 18.2 Å². The number of hydrogen-bond acceptors (Lipinski definition) is 6. The summed E-state index contributed by atoms with van der Waals surface area (Å²) in [7, 11) is 0. The van der Waals surface area contributed by atoms with Gasteiger partial charge in [-0.05, 0) is 66.8 Å². The van der Waals surface area contributed by atoms with Crippen LogP contribution in [0.1, 0.15) is 18.4 Å². The van der Waals surface area contributed by atoms with Crippen LogP contribution >= 0.6 is 11.9 Å². The van der Waals surface area contributed by atoms with Crippen molar-refractivity contribution < 1.29 is 23.5 Å². The van der Waals surface area contributed by atoms with E-state index in [9.17, 15) is 13.6 Å². The molecule has 0 bridgehead atoms. The molecule has 1 saturated heterocycles. The fourth-order valence-electron chi connectivity index (χ4n) is 3.20. The quantitative estimate of drug-likeness (QED) is 0.251. The monoisotopic (exact) mass is 435 g/mol. The highest BCUT2D eigenvalue weighted by molar-refractivity contribution is 7.97. The van der Waals surface area contributed by atoms with E-state index < -0.39 is 12.5 Å². The molecule has 1 aliphatic rings. The van der Waals surface area contributed by atoms with E-state index in [2.05, 4.69) is 14.4 Å². The van der Waals surface area contributed by atoms with Crippen molar-refractivity contribution in [3.8, 4) is 5.75 Å². The Labute approximate surface area is 178 Å². The lowest BCUT2D eigenvalue weighted by atomic mass is 10.0. The van der Waals surface area contributed by atoms with Crippen LogP contribution in [0.2, 0.25) is 0 Å². The number of piperidine rings is 1. The van der Waals surface area contributed by atoms with Gasteiger partial charge < -0.3 is 9.64 Å². The molecule has 1 fully saturated rings. The third kappa shape index (κ3) is 6.45. The van der Waals surface area contributed by atoms with E-state index in [1.54, 1.807) is 23.7 Å². The fourth-order valence-corrected chi connectivity index (χ4v) is 4.01. The third-order valence-electron chi connectivity index (χ3n) is 4.69. The summed E-state index contributed by atoms with van der Waals surface area (Å²) in [6.45, 7) is -1.10. The first kappa shape index (κ1) is 22.1. The molecule has 1 heterocycles. The van der Waals surface area contributed by atoms with E-state index >= 15 is 0 Å². The third-order valence-corrected chi connectivity index (χ3v) is 5.65. The Morgan fingerprint density at radius 1 is 1.17 bits per heavy atom. The molecule has 2 aromatic rings. The van der Waals surface area contributed by atoms with Gasteiger partial charge in [0.05, 0.1) is 0 Å². The predicted molar refractivity (Wildman–Crippen MR) is 113 cm³/mol. The van der Waals surface area contributed by atoms with Gasteiger partial charge in [0.1, 0.15) is 5.75 Å². The number of nitrogens with one attached hydrogen (secondary N) is 2. The number of nitrogens with zero attached hydrogens (tertiary/aromatic N) is 1. The first-order valence-corrected chi connectivity index (χ1v) is 10.3. The minimum atomic E-state index is -2.82. The van der Waals surface area contributed by atoms with E-state index in [4.69, 9.17) is 5.21 Å². The Morgan fingerprint density at radius 3 is 2.53 bits per heavy atom. The number of amides is 1. The molecule has 30 heavy (non-hydrogen) atoms. The van der Waals surface area contributed by atoms with Gasteiger partial charge >= 0.3 is 6.61 Å². The highest BCUT2D eigenvalue weighted by atomic mass is 32.2. The Bertz CT molecular complexity index is 857. The van der Waals surface area contributed by atoms with Gasteiger partial charge in [-0.3, -0.25) is 14.7 Å². The molecule has 0 aromatic heterocycles. The molecule has 6 nitrogen and oxygen atoms in total. The van der Waals surface area contributed by atoms with Crippen molar-refractivity contribution in [2.75, 3.05) is 18.0 Å². The number of carbonyl (C=O) groups is 1. The summed E-state index contributed by atoms with van der Waals surface area (Å²) in [4.78, 5) is 14.5. The fraction of sp³-hybridized carbons (Fsp3) is 0.286. The van der Waals surface area contributed by atoms with Crippen molar-refractivity contribution in [1.29, 1.82) is 0 Å². The standard InChI is InChI=1S/C21H23F2N3O3S/c22-21(23)29-17-6-8-18(9-7-17)30-25-16-11-13-26(14-12-16)19-4-2-1-3-15(19)5-10-20(27)24-28/h1-10,16,21,25,28H,11-14H2,(H,24,27)/b10-5+.